The molecule has 7 heteroatoms. The second-order valence-electron chi connectivity index (χ2n) is 3.89. The van der Waals surface area contributed by atoms with Crippen LogP contribution in [0.5, 0.6) is 0 Å². The van der Waals surface area contributed by atoms with Crippen molar-refractivity contribution in [3.8, 4) is 0 Å². The lowest BCUT2D eigenvalue weighted by atomic mass is 10.3. The van der Waals surface area contributed by atoms with Crippen LogP contribution in [0.4, 0.5) is 0 Å². The minimum Gasteiger partial charge on any atom is -0.334 e. The van der Waals surface area contributed by atoms with Crippen LogP contribution in [-0.2, 0) is 13.1 Å². The predicted molar refractivity (Wildman–Crippen MR) is 75.0 cm³/mol. The van der Waals surface area contributed by atoms with Crippen molar-refractivity contribution in [2.45, 2.75) is 20.0 Å². The molecule has 18 heavy (non-hydrogen) atoms. The molecule has 0 bridgehead atoms. The van der Waals surface area contributed by atoms with E-state index in [0.717, 1.165) is 15.8 Å². The van der Waals surface area contributed by atoms with Crippen LogP contribution in [-0.4, -0.2) is 37.8 Å². The van der Waals surface area contributed by atoms with E-state index in [9.17, 15) is 4.79 Å². The summed E-state index contributed by atoms with van der Waals surface area (Å²) in [5.41, 5.74) is 1.54. The third-order valence-corrected chi connectivity index (χ3v) is 3.47. The number of aryl methyl sites for hydroxylation is 1. The van der Waals surface area contributed by atoms with Crippen LogP contribution in [0, 0.1) is 3.57 Å². The summed E-state index contributed by atoms with van der Waals surface area (Å²) in [6.45, 7) is 3.35. The number of nitrogens with zero attached hydrogens (tertiary/aromatic N) is 4. The number of halogens is 1. The summed E-state index contributed by atoms with van der Waals surface area (Å²) < 4.78 is 2.70. The quantitative estimate of drug-likeness (QED) is 0.842. The van der Waals surface area contributed by atoms with Gasteiger partial charge in [0.05, 0.1) is 22.0 Å². The summed E-state index contributed by atoms with van der Waals surface area (Å²) in [5, 5.41) is 10.8. The van der Waals surface area contributed by atoms with Crippen molar-refractivity contribution in [3.63, 3.8) is 0 Å². The van der Waals surface area contributed by atoms with Crippen LogP contribution >= 0.6 is 22.6 Å². The molecule has 6 nitrogen and oxygen atoms in total. The minimum atomic E-state index is -0.0687. The Morgan fingerprint density at radius 2 is 2.39 bits per heavy atom. The number of hydrogen-bond acceptors (Lipinski definition) is 3. The van der Waals surface area contributed by atoms with Gasteiger partial charge >= 0.3 is 0 Å². The van der Waals surface area contributed by atoms with Crippen molar-refractivity contribution in [1.29, 1.82) is 0 Å². The van der Waals surface area contributed by atoms with Gasteiger partial charge in [0.1, 0.15) is 5.69 Å². The fourth-order valence-electron chi connectivity index (χ4n) is 1.71. The molecule has 2 aromatic rings. The summed E-state index contributed by atoms with van der Waals surface area (Å²) in [6.07, 6.45) is 3.38. The summed E-state index contributed by atoms with van der Waals surface area (Å²) in [5.74, 6) is -0.0687. The third-order valence-electron chi connectivity index (χ3n) is 2.66. The molecule has 0 spiro atoms. The van der Waals surface area contributed by atoms with Gasteiger partial charge in [-0.3, -0.25) is 14.6 Å². The molecule has 96 valence electrons. The fourth-order valence-corrected chi connectivity index (χ4v) is 2.20. The topological polar surface area (TPSA) is 66.8 Å². The molecule has 2 heterocycles. The molecule has 0 atom stereocenters. The number of H-pyrrole nitrogens is 1. The standard InChI is InChI=1S/C11H14IN5O/c1-3-17-8(4-5-14-17)7-16(2)11(18)10-9(12)6-13-15-10/h4-6H,3,7H2,1-2H3,(H,13,15). The minimum absolute atomic E-state index is 0.0687. The molecule has 0 aliphatic heterocycles. The highest BCUT2D eigenvalue weighted by atomic mass is 127. The van der Waals surface area contributed by atoms with Crippen molar-refractivity contribution in [1.82, 2.24) is 24.9 Å². The molecule has 0 saturated heterocycles. The monoisotopic (exact) mass is 359 g/mol. The van der Waals surface area contributed by atoms with Crippen molar-refractivity contribution in [2.24, 2.45) is 0 Å². The highest BCUT2D eigenvalue weighted by Gasteiger charge is 2.17. The lowest BCUT2D eigenvalue weighted by Gasteiger charge is -2.17. The average Bonchev–Trinajstić information content (AvgIpc) is 2.96. The molecule has 1 N–H and O–H groups in total. The number of amides is 1. The maximum absolute atomic E-state index is 12.2. The van der Waals surface area contributed by atoms with E-state index >= 15 is 0 Å². The van der Waals surface area contributed by atoms with Crippen molar-refractivity contribution in [2.75, 3.05) is 7.05 Å². The zero-order chi connectivity index (χ0) is 13.1. The molecule has 0 radical (unpaired) electrons. The van der Waals surface area contributed by atoms with Crippen LogP contribution < -0.4 is 0 Å². The highest BCUT2D eigenvalue weighted by Crippen LogP contribution is 2.12. The Kier molecular flexibility index (Phi) is 4.00. The van der Waals surface area contributed by atoms with Crippen LogP contribution in [0.25, 0.3) is 0 Å². The number of carbonyl (C=O) groups excluding carboxylic acids is 1. The molecular formula is C11H14IN5O. The first-order chi connectivity index (χ1) is 8.63. The molecular weight excluding hydrogens is 345 g/mol. The molecule has 0 aliphatic rings. The molecule has 2 rings (SSSR count). The fraction of sp³-hybridized carbons (Fsp3) is 0.364. The second-order valence-corrected chi connectivity index (χ2v) is 5.05. The summed E-state index contributed by atoms with van der Waals surface area (Å²) in [7, 11) is 1.77. The molecule has 0 fully saturated rings. The lowest BCUT2D eigenvalue weighted by molar-refractivity contribution is 0.0774. The van der Waals surface area contributed by atoms with E-state index in [-0.39, 0.29) is 5.91 Å². The molecule has 2 aromatic heterocycles. The molecule has 0 unspecified atom stereocenters. The van der Waals surface area contributed by atoms with Gasteiger partial charge < -0.3 is 4.90 Å². The Morgan fingerprint density at radius 3 is 3.00 bits per heavy atom. The molecule has 0 saturated carbocycles. The van der Waals surface area contributed by atoms with Gasteiger partial charge in [-0.1, -0.05) is 0 Å². The van der Waals surface area contributed by atoms with E-state index in [4.69, 9.17) is 0 Å². The zero-order valence-corrected chi connectivity index (χ0v) is 12.4. The lowest BCUT2D eigenvalue weighted by Crippen LogP contribution is -2.28. The van der Waals surface area contributed by atoms with Crippen LogP contribution in [0.15, 0.2) is 18.5 Å². The SMILES string of the molecule is CCn1nccc1CN(C)C(=O)c1[nH]ncc1I. The third kappa shape index (κ3) is 2.55. The smallest absolute Gasteiger partial charge is 0.273 e. The number of aromatic amines is 1. The van der Waals surface area contributed by atoms with Crippen LogP contribution in [0.1, 0.15) is 23.1 Å². The van der Waals surface area contributed by atoms with Crippen molar-refractivity contribution < 1.29 is 4.79 Å². The molecule has 0 aromatic carbocycles. The Hall–Kier alpha value is -1.38. The van der Waals surface area contributed by atoms with E-state index in [2.05, 4.69) is 37.9 Å². The van der Waals surface area contributed by atoms with Crippen LogP contribution in [0.3, 0.4) is 0 Å². The van der Waals surface area contributed by atoms with Gasteiger partial charge in [-0.25, -0.2) is 0 Å². The van der Waals surface area contributed by atoms with E-state index < -0.39 is 0 Å². The number of hydrogen-bond donors (Lipinski definition) is 1. The summed E-state index contributed by atoms with van der Waals surface area (Å²) in [6, 6.07) is 1.92. The van der Waals surface area contributed by atoms with E-state index in [1.54, 1.807) is 24.3 Å². The van der Waals surface area contributed by atoms with Gasteiger partial charge in [-0.05, 0) is 35.6 Å². The van der Waals surface area contributed by atoms with Crippen molar-refractivity contribution >= 4 is 28.5 Å². The van der Waals surface area contributed by atoms with Gasteiger partial charge in [-0.2, -0.15) is 10.2 Å². The summed E-state index contributed by atoms with van der Waals surface area (Å²) in [4.78, 5) is 13.8. The summed E-state index contributed by atoms with van der Waals surface area (Å²) >= 11 is 2.09. The molecule has 0 aliphatic carbocycles. The first-order valence-electron chi connectivity index (χ1n) is 5.58. The van der Waals surface area contributed by atoms with Gasteiger partial charge in [0, 0.05) is 19.8 Å². The maximum Gasteiger partial charge on any atom is 0.273 e. The van der Waals surface area contributed by atoms with E-state index in [1.807, 2.05) is 17.7 Å². The van der Waals surface area contributed by atoms with E-state index in [0.29, 0.717) is 12.2 Å². The first-order valence-corrected chi connectivity index (χ1v) is 6.66. The van der Waals surface area contributed by atoms with Gasteiger partial charge in [0.15, 0.2) is 0 Å². The number of aromatic nitrogens is 4. The van der Waals surface area contributed by atoms with E-state index in [1.165, 1.54) is 0 Å². The number of nitrogens with one attached hydrogen (secondary N) is 1. The second kappa shape index (κ2) is 5.51. The highest BCUT2D eigenvalue weighted by molar-refractivity contribution is 14.1. The Labute approximate surface area is 119 Å². The Morgan fingerprint density at radius 1 is 1.61 bits per heavy atom. The van der Waals surface area contributed by atoms with Gasteiger partial charge in [0.25, 0.3) is 5.91 Å². The maximum atomic E-state index is 12.2. The van der Waals surface area contributed by atoms with Gasteiger partial charge in [0.2, 0.25) is 0 Å². The number of rotatable bonds is 4. The normalized spacial score (nSPS) is 10.6. The Bertz CT molecular complexity index is 547. The largest absolute Gasteiger partial charge is 0.334 e. The van der Waals surface area contributed by atoms with Crippen molar-refractivity contribution in [3.05, 3.63) is 33.4 Å². The predicted octanol–water partition coefficient (Wildman–Crippen LogP) is 1.50. The zero-order valence-electron chi connectivity index (χ0n) is 10.2. The molecule has 1 amide bonds. The van der Waals surface area contributed by atoms with Gasteiger partial charge in [-0.15, -0.1) is 0 Å². The van der Waals surface area contributed by atoms with Crippen LogP contribution in [0.2, 0.25) is 0 Å². The number of carbonyl (C=O) groups is 1. The Balaban J connectivity index is 2.11. The first kappa shape index (κ1) is 13.1. The average molecular weight is 359 g/mol.